The third-order valence-electron chi connectivity index (χ3n) is 3.39. The predicted molar refractivity (Wildman–Crippen MR) is 84.4 cm³/mol. The Morgan fingerprint density at radius 1 is 1.24 bits per heavy atom. The molecule has 0 amide bonds. The highest BCUT2D eigenvalue weighted by atomic mass is 79.9. The average molecular weight is 348 g/mol. The van der Waals surface area contributed by atoms with Gasteiger partial charge in [-0.1, -0.05) is 12.1 Å². The summed E-state index contributed by atoms with van der Waals surface area (Å²) >= 11 is 3.57. The summed E-state index contributed by atoms with van der Waals surface area (Å²) in [6, 6.07) is 13.3. The number of rotatable bonds is 2. The summed E-state index contributed by atoms with van der Waals surface area (Å²) in [5.74, 6) is 0.417. The molecule has 108 valence electrons. The Morgan fingerprint density at radius 3 is 2.81 bits per heavy atom. The number of ether oxygens (including phenoxy) is 2. The zero-order valence-electron chi connectivity index (χ0n) is 11.5. The predicted octanol–water partition coefficient (Wildman–Crippen LogP) is 3.77. The van der Waals surface area contributed by atoms with Crippen molar-refractivity contribution in [3.63, 3.8) is 0 Å². The van der Waals surface area contributed by atoms with Crippen LogP contribution in [0.3, 0.4) is 0 Å². The molecule has 0 spiro atoms. The zero-order valence-corrected chi connectivity index (χ0v) is 13.1. The number of benzene rings is 2. The van der Waals surface area contributed by atoms with Crippen LogP contribution in [0.15, 0.2) is 46.9 Å². The minimum atomic E-state index is -0.351. The van der Waals surface area contributed by atoms with E-state index >= 15 is 0 Å². The molecule has 0 atom stereocenters. The van der Waals surface area contributed by atoms with Gasteiger partial charge < -0.3 is 14.4 Å². The van der Waals surface area contributed by atoms with Crippen LogP contribution >= 0.6 is 15.9 Å². The molecule has 0 unspecified atom stereocenters. The first-order valence-corrected chi connectivity index (χ1v) is 7.37. The van der Waals surface area contributed by atoms with E-state index in [1.165, 1.54) is 7.11 Å². The lowest BCUT2D eigenvalue weighted by Crippen LogP contribution is -2.29. The lowest BCUT2D eigenvalue weighted by molar-refractivity contribution is 0.0600. The molecule has 0 bridgehead atoms. The fourth-order valence-corrected chi connectivity index (χ4v) is 2.88. The summed E-state index contributed by atoms with van der Waals surface area (Å²) in [6.07, 6.45) is 0. The maximum atomic E-state index is 11.7. The number of para-hydroxylation sites is 1. The van der Waals surface area contributed by atoms with E-state index in [1.54, 1.807) is 12.1 Å². The second-order valence-electron chi connectivity index (χ2n) is 4.63. The monoisotopic (exact) mass is 347 g/mol. The van der Waals surface area contributed by atoms with E-state index in [9.17, 15) is 4.79 Å². The Hall–Kier alpha value is -2.01. The van der Waals surface area contributed by atoms with Crippen LogP contribution in [0.25, 0.3) is 0 Å². The van der Waals surface area contributed by atoms with Gasteiger partial charge in [-0.15, -0.1) is 0 Å². The van der Waals surface area contributed by atoms with Crippen LogP contribution in [-0.2, 0) is 4.74 Å². The molecule has 1 aliphatic heterocycles. The van der Waals surface area contributed by atoms with Crippen LogP contribution < -0.4 is 9.64 Å². The van der Waals surface area contributed by atoms with E-state index < -0.39 is 0 Å². The number of carbonyl (C=O) groups is 1. The van der Waals surface area contributed by atoms with Crippen molar-refractivity contribution in [1.82, 2.24) is 0 Å². The van der Waals surface area contributed by atoms with Gasteiger partial charge in [-0.3, -0.25) is 0 Å². The maximum absolute atomic E-state index is 11.7. The SMILES string of the molecule is COC(=O)c1ccc2c(c1)N(c1ccccc1Br)CCO2. The number of methoxy groups -OCH3 is 1. The van der Waals surface area contributed by atoms with Crippen molar-refractivity contribution in [2.75, 3.05) is 25.2 Å². The number of halogens is 1. The van der Waals surface area contributed by atoms with Gasteiger partial charge >= 0.3 is 5.97 Å². The molecule has 0 saturated heterocycles. The van der Waals surface area contributed by atoms with E-state index in [4.69, 9.17) is 9.47 Å². The molecule has 1 aliphatic rings. The summed E-state index contributed by atoms with van der Waals surface area (Å²) in [4.78, 5) is 13.9. The molecule has 0 N–H and O–H groups in total. The van der Waals surface area contributed by atoms with Crippen molar-refractivity contribution >= 4 is 33.3 Å². The molecule has 0 radical (unpaired) electrons. The number of anilines is 2. The second-order valence-corrected chi connectivity index (χ2v) is 5.48. The van der Waals surface area contributed by atoms with Crippen molar-refractivity contribution < 1.29 is 14.3 Å². The Labute approximate surface area is 131 Å². The minimum Gasteiger partial charge on any atom is -0.490 e. The maximum Gasteiger partial charge on any atom is 0.337 e. The molecule has 4 nitrogen and oxygen atoms in total. The quantitative estimate of drug-likeness (QED) is 0.775. The lowest BCUT2D eigenvalue weighted by atomic mass is 10.1. The highest BCUT2D eigenvalue weighted by molar-refractivity contribution is 9.10. The van der Waals surface area contributed by atoms with Crippen molar-refractivity contribution in [2.24, 2.45) is 0 Å². The van der Waals surface area contributed by atoms with Crippen molar-refractivity contribution in [3.8, 4) is 5.75 Å². The Balaban J connectivity index is 2.08. The van der Waals surface area contributed by atoms with Gasteiger partial charge in [0.05, 0.1) is 30.6 Å². The largest absolute Gasteiger partial charge is 0.490 e. The first-order chi connectivity index (χ1) is 10.2. The molecule has 0 aliphatic carbocycles. The summed E-state index contributed by atoms with van der Waals surface area (Å²) in [5, 5.41) is 0. The number of hydrogen-bond acceptors (Lipinski definition) is 4. The molecular weight excluding hydrogens is 334 g/mol. The van der Waals surface area contributed by atoms with Crippen LogP contribution in [0.5, 0.6) is 5.75 Å². The fourth-order valence-electron chi connectivity index (χ4n) is 2.38. The summed E-state index contributed by atoms with van der Waals surface area (Å²) in [6.45, 7) is 1.33. The van der Waals surface area contributed by atoms with Crippen LogP contribution in [0.1, 0.15) is 10.4 Å². The van der Waals surface area contributed by atoms with Gasteiger partial charge in [-0.05, 0) is 46.3 Å². The smallest absolute Gasteiger partial charge is 0.337 e. The van der Waals surface area contributed by atoms with Crippen molar-refractivity contribution in [1.29, 1.82) is 0 Å². The average Bonchev–Trinajstić information content (AvgIpc) is 2.53. The van der Waals surface area contributed by atoms with Crippen molar-refractivity contribution in [3.05, 3.63) is 52.5 Å². The highest BCUT2D eigenvalue weighted by Gasteiger charge is 2.22. The summed E-state index contributed by atoms with van der Waals surface area (Å²) in [5.41, 5.74) is 2.43. The molecule has 3 rings (SSSR count). The van der Waals surface area contributed by atoms with E-state index in [0.717, 1.165) is 28.1 Å². The minimum absolute atomic E-state index is 0.351. The van der Waals surface area contributed by atoms with Crippen molar-refractivity contribution in [2.45, 2.75) is 0 Å². The Morgan fingerprint density at radius 2 is 2.05 bits per heavy atom. The third-order valence-corrected chi connectivity index (χ3v) is 4.06. The van der Waals surface area contributed by atoms with Gasteiger partial charge in [-0.25, -0.2) is 4.79 Å². The van der Waals surface area contributed by atoms with Gasteiger partial charge in [0.2, 0.25) is 0 Å². The number of hydrogen-bond donors (Lipinski definition) is 0. The number of carbonyl (C=O) groups excluding carboxylic acids is 1. The van der Waals surface area contributed by atoms with E-state index in [1.807, 2.05) is 30.3 Å². The van der Waals surface area contributed by atoms with Crippen LogP contribution in [0.4, 0.5) is 11.4 Å². The van der Waals surface area contributed by atoms with Crippen LogP contribution in [0, 0.1) is 0 Å². The van der Waals surface area contributed by atoms with E-state index in [-0.39, 0.29) is 5.97 Å². The first kappa shape index (κ1) is 13.9. The normalized spacial score (nSPS) is 13.3. The Kier molecular flexibility index (Phi) is 3.84. The summed E-state index contributed by atoms with van der Waals surface area (Å²) in [7, 11) is 1.38. The summed E-state index contributed by atoms with van der Waals surface area (Å²) < 4.78 is 11.5. The molecule has 1 heterocycles. The topological polar surface area (TPSA) is 38.8 Å². The third kappa shape index (κ3) is 2.61. The fraction of sp³-hybridized carbons (Fsp3) is 0.188. The highest BCUT2D eigenvalue weighted by Crippen LogP contribution is 2.40. The van der Waals surface area contributed by atoms with Gasteiger partial charge in [0.1, 0.15) is 12.4 Å². The van der Waals surface area contributed by atoms with E-state index in [2.05, 4.69) is 20.8 Å². The number of fused-ring (bicyclic) bond motifs is 1. The first-order valence-electron chi connectivity index (χ1n) is 6.58. The Bertz CT molecular complexity index is 687. The van der Waals surface area contributed by atoms with Gasteiger partial charge in [0.25, 0.3) is 0 Å². The number of nitrogens with zero attached hydrogens (tertiary/aromatic N) is 1. The molecule has 2 aromatic rings. The molecule has 0 saturated carbocycles. The van der Waals surface area contributed by atoms with Gasteiger partial charge in [-0.2, -0.15) is 0 Å². The second kappa shape index (κ2) is 5.77. The lowest BCUT2D eigenvalue weighted by Gasteiger charge is -2.32. The molecule has 0 aromatic heterocycles. The van der Waals surface area contributed by atoms with E-state index in [0.29, 0.717) is 12.2 Å². The molecule has 5 heteroatoms. The van der Waals surface area contributed by atoms with Crippen LogP contribution in [-0.4, -0.2) is 26.2 Å². The molecule has 2 aromatic carbocycles. The zero-order chi connectivity index (χ0) is 14.8. The molecule has 21 heavy (non-hydrogen) atoms. The number of esters is 1. The molecular formula is C16H14BrNO3. The van der Waals surface area contributed by atoms with Crippen LogP contribution in [0.2, 0.25) is 0 Å². The standard InChI is InChI=1S/C16H14BrNO3/c1-20-16(19)11-6-7-15-14(10-11)18(8-9-21-15)13-5-3-2-4-12(13)17/h2-7,10H,8-9H2,1H3. The molecule has 0 fully saturated rings. The van der Waals surface area contributed by atoms with Gasteiger partial charge in [0, 0.05) is 4.47 Å². The van der Waals surface area contributed by atoms with Gasteiger partial charge in [0.15, 0.2) is 0 Å².